The van der Waals surface area contributed by atoms with Crippen LogP contribution in [0.5, 0.6) is 0 Å². The van der Waals surface area contributed by atoms with E-state index in [1.165, 1.54) is 16.8 Å². The van der Waals surface area contributed by atoms with Crippen LogP contribution in [0.25, 0.3) is 0 Å². The van der Waals surface area contributed by atoms with Crippen molar-refractivity contribution in [1.82, 2.24) is 10.2 Å². The number of hydrogen-bond donors (Lipinski definition) is 2. The molecule has 1 heterocycles. The lowest BCUT2D eigenvalue weighted by atomic mass is 9.76. The average Bonchev–Trinajstić information content (AvgIpc) is 2.72. The molecule has 1 aliphatic rings. The Hall–Kier alpha value is -1.61. The van der Waals surface area contributed by atoms with E-state index in [4.69, 9.17) is 5.73 Å². The van der Waals surface area contributed by atoms with E-state index in [0.717, 1.165) is 25.0 Å². The molecule has 3 heteroatoms. The number of nitrogens with zero attached hydrogens (tertiary/aromatic N) is 1. The second kappa shape index (κ2) is 3.70. The van der Waals surface area contributed by atoms with Gasteiger partial charge < -0.3 is 5.73 Å². The third kappa shape index (κ3) is 1.67. The van der Waals surface area contributed by atoms with Gasteiger partial charge >= 0.3 is 0 Å². The van der Waals surface area contributed by atoms with Gasteiger partial charge in [0, 0.05) is 11.2 Å². The topological polar surface area (TPSA) is 54.7 Å². The largest absolute Gasteiger partial charge is 0.321 e. The Morgan fingerprint density at radius 3 is 2.82 bits per heavy atom. The maximum absolute atomic E-state index is 6.58. The van der Waals surface area contributed by atoms with Crippen molar-refractivity contribution in [1.29, 1.82) is 0 Å². The summed E-state index contributed by atoms with van der Waals surface area (Å²) in [6, 6.07) is 10.4. The van der Waals surface area contributed by atoms with Gasteiger partial charge in [0.15, 0.2) is 0 Å². The lowest BCUT2D eigenvalue weighted by molar-refractivity contribution is 0.382. The van der Waals surface area contributed by atoms with Crippen LogP contribution in [-0.4, -0.2) is 10.2 Å². The quantitative estimate of drug-likeness (QED) is 0.783. The van der Waals surface area contributed by atoms with Gasteiger partial charge in [-0.15, -0.1) is 0 Å². The van der Waals surface area contributed by atoms with E-state index < -0.39 is 0 Å². The van der Waals surface area contributed by atoms with E-state index in [-0.39, 0.29) is 5.54 Å². The average molecular weight is 227 g/mol. The second-order valence-corrected chi connectivity index (χ2v) is 4.97. The van der Waals surface area contributed by atoms with Gasteiger partial charge in [-0.2, -0.15) is 5.10 Å². The first-order chi connectivity index (χ1) is 8.19. The fraction of sp³-hybridized carbons (Fsp3) is 0.357. The molecule has 1 aromatic carbocycles. The Balaban J connectivity index is 2.00. The van der Waals surface area contributed by atoms with Crippen LogP contribution in [0, 0.1) is 6.92 Å². The summed E-state index contributed by atoms with van der Waals surface area (Å²) < 4.78 is 0. The summed E-state index contributed by atoms with van der Waals surface area (Å²) in [4.78, 5) is 0. The number of nitrogens with one attached hydrogen (secondary N) is 1. The van der Waals surface area contributed by atoms with Crippen LogP contribution in [0.3, 0.4) is 0 Å². The molecule has 1 aromatic heterocycles. The molecule has 0 saturated carbocycles. The highest BCUT2D eigenvalue weighted by Crippen LogP contribution is 2.34. The fourth-order valence-electron chi connectivity index (χ4n) is 2.71. The smallest absolute Gasteiger partial charge is 0.0658 e. The van der Waals surface area contributed by atoms with Gasteiger partial charge in [-0.25, -0.2) is 0 Å². The minimum absolute atomic E-state index is 0.233. The standard InChI is InChI=1S/C14H17N3/c1-10-12-9-14(15,8-7-13(12)17-16-10)11-5-3-2-4-6-11/h2-6H,7-9,15H2,1H3,(H,16,17). The van der Waals surface area contributed by atoms with Crippen molar-refractivity contribution < 1.29 is 0 Å². The summed E-state index contributed by atoms with van der Waals surface area (Å²) in [5, 5.41) is 7.40. The lowest BCUT2D eigenvalue weighted by Gasteiger charge is -2.33. The number of hydrogen-bond acceptors (Lipinski definition) is 2. The summed E-state index contributed by atoms with van der Waals surface area (Å²) in [5.74, 6) is 0. The van der Waals surface area contributed by atoms with Gasteiger partial charge in [0.2, 0.25) is 0 Å². The minimum atomic E-state index is -0.233. The van der Waals surface area contributed by atoms with Gasteiger partial charge in [-0.1, -0.05) is 30.3 Å². The van der Waals surface area contributed by atoms with Crippen LogP contribution >= 0.6 is 0 Å². The number of H-pyrrole nitrogens is 1. The summed E-state index contributed by atoms with van der Waals surface area (Å²) >= 11 is 0. The van der Waals surface area contributed by atoms with Gasteiger partial charge in [-0.05, 0) is 37.3 Å². The molecular formula is C14H17N3. The second-order valence-electron chi connectivity index (χ2n) is 4.97. The molecule has 0 amide bonds. The van der Waals surface area contributed by atoms with Crippen molar-refractivity contribution in [2.45, 2.75) is 31.7 Å². The van der Waals surface area contributed by atoms with Crippen molar-refractivity contribution in [3.63, 3.8) is 0 Å². The molecule has 2 aromatic rings. The first-order valence-electron chi connectivity index (χ1n) is 6.06. The van der Waals surface area contributed by atoms with E-state index >= 15 is 0 Å². The molecule has 0 radical (unpaired) electrons. The number of aryl methyl sites for hydroxylation is 2. The molecule has 0 spiro atoms. The van der Waals surface area contributed by atoms with E-state index in [2.05, 4.69) is 41.4 Å². The molecule has 0 aliphatic heterocycles. The molecule has 1 atom stereocenters. The summed E-state index contributed by atoms with van der Waals surface area (Å²) in [6.07, 6.45) is 2.81. The maximum Gasteiger partial charge on any atom is 0.0658 e. The van der Waals surface area contributed by atoms with Crippen molar-refractivity contribution >= 4 is 0 Å². The van der Waals surface area contributed by atoms with E-state index in [0.29, 0.717) is 0 Å². The molecule has 3 nitrogen and oxygen atoms in total. The molecule has 3 N–H and O–H groups in total. The molecule has 0 saturated heterocycles. The van der Waals surface area contributed by atoms with Crippen molar-refractivity contribution in [2.75, 3.05) is 0 Å². The number of nitrogens with two attached hydrogens (primary N) is 1. The number of aromatic amines is 1. The van der Waals surface area contributed by atoms with Gasteiger partial charge in [0.25, 0.3) is 0 Å². The Morgan fingerprint density at radius 1 is 1.29 bits per heavy atom. The van der Waals surface area contributed by atoms with E-state index in [9.17, 15) is 0 Å². The van der Waals surface area contributed by atoms with Crippen molar-refractivity contribution in [2.24, 2.45) is 5.73 Å². The number of benzene rings is 1. The normalized spacial score (nSPS) is 23.4. The fourth-order valence-corrected chi connectivity index (χ4v) is 2.71. The lowest BCUT2D eigenvalue weighted by Crippen LogP contribution is -2.42. The zero-order valence-corrected chi connectivity index (χ0v) is 10.0. The number of aromatic nitrogens is 2. The van der Waals surface area contributed by atoms with Crippen LogP contribution in [0.1, 0.15) is 28.9 Å². The molecule has 1 aliphatic carbocycles. The molecule has 3 rings (SSSR count). The van der Waals surface area contributed by atoms with Gasteiger partial charge in [0.05, 0.1) is 5.69 Å². The SMILES string of the molecule is Cc1[nH]nc2c1CC(N)(c1ccccc1)CC2. The Morgan fingerprint density at radius 2 is 2.06 bits per heavy atom. The minimum Gasteiger partial charge on any atom is -0.321 e. The highest BCUT2D eigenvalue weighted by molar-refractivity contribution is 5.35. The van der Waals surface area contributed by atoms with Crippen LogP contribution in [0.2, 0.25) is 0 Å². The van der Waals surface area contributed by atoms with Gasteiger partial charge in [0.1, 0.15) is 0 Å². The van der Waals surface area contributed by atoms with Crippen LogP contribution in [-0.2, 0) is 18.4 Å². The molecule has 88 valence electrons. The highest BCUT2D eigenvalue weighted by atomic mass is 15.1. The van der Waals surface area contributed by atoms with Crippen molar-refractivity contribution in [3.8, 4) is 0 Å². The molecule has 0 bridgehead atoms. The number of fused-ring (bicyclic) bond motifs is 1. The van der Waals surface area contributed by atoms with Crippen LogP contribution < -0.4 is 5.73 Å². The van der Waals surface area contributed by atoms with Crippen LogP contribution in [0.4, 0.5) is 0 Å². The van der Waals surface area contributed by atoms with Crippen molar-refractivity contribution in [3.05, 3.63) is 52.8 Å². The summed E-state index contributed by atoms with van der Waals surface area (Å²) in [5.41, 5.74) is 11.2. The first kappa shape index (κ1) is 10.5. The van der Waals surface area contributed by atoms with Gasteiger partial charge in [-0.3, -0.25) is 5.10 Å². The Kier molecular flexibility index (Phi) is 2.30. The third-order valence-electron chi connectivity index (χ3n) is 3.81. The van der Waals surface area contributed by atoms with E-state index in [1.807, 2.05) is 6.07 Å². The zero-order valence-electron chi connectivity index (χ0n) is 10.0. The van der Waals surface area contributed by atoms with E-state index in [1.54, 1.807) is 0 Å². The van der Waals surface area contributed by atoms with Crippen LogP contribution in [0.15, 0.2) is 30.3 Å². The monoisotopic (exact) mass is 227 g/mol. The summed E-state index contributed by atoms with van der Waals surface area (Å²) in [6.45, 7) is 2.07. The number of rotatable bonds is 1. The Bertz CT molecular complexity index is 530. The molecule has 1 unspecified atom stereocenters. The third-order valence-corrected chi connectivity index (χ3v) is 3.81. The predicted octanol–water partition coefficient (Wildman–Crippen LogP) is 2.06. The first-order valence-corrected chi connectivity index (χ1v) is 6.06. The summed E-state index contributed by atoms with van der Waals surface area (Å²) in [7, 11) is 0. The predicted molar refractivity (Wildman–Crippen MR) is 67.7 cm³/mol. The highest BCUT2D eigenvalue weighted by Gasteiger charge is 2.34. The molecule has 17 heavy (non-hydrogen) atoms. The zero-order chi connectivity index (χ0) is 11.9. The Labute approximate surface area is 101 Å². The maximum atomic E-state index is 6.58. The molecular weight excluding hydrogens is 210 g/mol. The molecule has 0 fully saturated rings.